The van der Waals surface area contributed by atoms with E-state index in [1.807, 2.05) is 30.6 Å². The molecule has 1 aliphatic heterocycles. The lowest BCUT2D eigenvalue weighted by Gasteiger charge is -2.19. The second-order valence-corrected chi connectivity index (χ2v) is 9.04. The number of benzene rings is 1. The molecule has 0 amide bonds. The van der Waals surface area contributed by atoms with Crippen molar-refractivity contribution in [3.63, 3.8) is 0 Å². The van der Waals surface area contributed by atoms with Gasteiger partial charge in [-0.05, 0) is 41.7 Å². The normalized spacial score (nSPS) is 21.6. The summed E-state index contributed by atoms with van der Waals surface area (Å²) in [4.78, 5) is 19.2. The molecule has 2 atom stereocenters. The molecule has 1 aliphatic carbocycles. The lowest BCUT2D eigenvalue weighted by molar-refractivity contribution is 0.729. The fourth-order valence-electron chi connectivity index (χ4n) is 4.61. The lowest BCUT2D eigenvalue weighted by Crippen LogP contribution is -2.23. The number of H-pyrrole nitrogens is 2. The average molecular weight is 468 g/mol. The molecule has 11 heteroatoms. The first kappa shape index (κ1) is 19.5. The van der Waals surface area contributed by atoms with Crippen LogP contribution in [0.3, 0.4) is 0 Å². The number of halogens is 2. The number of piperidine rings is 1. The Morgan fingerprint density at radius 2 is 1.88 bits per heavy atom. The largest absolute Gasteiger partial charge is 0.356 e. The number of aromatic nitrogens is 7. The second-order valence-electron chi connectivity index (χ2n) is 8.17. The highest BCUT2D eigenvalue weighted by Gasteiger charge is 2.57. The monoisotopic (exact) mass is 467 g/mol. The first-order chi connectivity index (χ1) is 15.6. The van der Waals surface area contributed by atoms with Crippen LogP contribution in [0.1, 0.15) is 17.2 Å². The van der Waals surface area contributed by atoms with Crippen molar-refractivity contribution in [1.82, 2.24) is 35.3 Å². The van der Waals surface area contributed by atoms with Gasteiger partial charge in [-0.15, -0.1) is 0 Å². The van der Waals surface area contributed by atoms with Crippen molar-refractivity contribution in [1.29, 1.82) is 0 Å². The molecule has 0 bridgehead atoms. The minimum atomic E-state index is 0.509. The van der Waals surface area contributed by atoms with Gasteiger partial charge in [-0.3, -0.25) is 0 Å². The maximum absolute atomic E-state index is 6.07. The molecule has 32 heavy (non-hydrogen) atoms. The zero-order chi connectivity index (χ0) is 21.7. The van der Waals surface area contributed by atoms with E-state index in [4.69, 9.17) is 23.2 Å². The summed E-state index contributed by atoms with van der Waals surface area (Å²) in [6.07, 6.45) is 5.42. The van der Waals surface area contributed by atoms with E-state index >= 15 is 0 Å². The van der Waals surface area contributed by atoms with Gasteiger partial charge in [-0.25, -0.2) is 15.0 Å². The van der Waals surface area contributed by atoms with Gasteiger partial charge in [0.15, 0.2) is 5.82 Å². The summed E-state index contributed by atoms with van der Waals surface area (Å²) in [5, 5.41) is 15.3. The van der Waals surface area contributed by atoms with Crippen LogP contribution in [-0.4, -0.2) is 48.4 Å². The number of nitrogens with zero attached hydrogens (tertiary/aromatic N) is 6. The van der Waals surface area contributed by atoms with Gasteiger partial charge in [0, 0.05) is 41.8 Å². The van der Waals surface area contributed by atoms with Crippen LogP contribution in [0.15, 0.2) is 42.9 Å². The number of imidazole rings is 1. The molecule has 2 unspecified atom stereocenters. The predicted molar refractivity (Wildman–Crippen MR) is 122 cm³/mol. The van der Waals surface area contributed by atoms with E-state index in [0.29, 0.717) is 46.1 Å². The molecule has 2 fully saturated rings. The molecule has 0 radical (unpaired) electrons. The van der Waals surface area contributed by atoms with Crippen molar-refractivity contribution in [3.8, 4) is 11.5 Å². The summed E-state index contributed by atoms with van der Waals surface area (Å²) in [5.74, 6) is 4.01. The van der Waals surface area contributed by atoms with Gasteiger partial charge in [0.05, 0.1) is 18.1 Å². The maximum atomic E-state index is 6.07. The third kappa shape index (κ3) is 3.67. The maximum Gasteiger partial charge on any atom is 0.223 e. The molecule has 1 saturated carbocycles. The number of hydrogen-bond acceptors (Lipinski definition) is 7. The Morgan fingerprint density at radius 1 is 1.06 bits per heavy atom. The van der Waals surface area contributed by atoms with E-state index in [9.17, 15) is 0 Å². The molecule has 9 nitrogen and oxygen atoms in total. The Kier molecular flexibility index (Phi) is 4.73. The quantitative estimate of drug-likeness (QED) is 0.395. The fraction of sp³-hybridized carbons (Fsp3) is 0.286. The third-order valence-electron chi connectivity index (χ3n) is 6.14. The molecule has 3 N–H and O–H groups in total. The van der Waals surface area contributed by atoms with Crippen LogP contribution >= 0.6 is 23.2 Å². The van der Waals surface area contributed by atoms with Crippen molar-refractivity contribution in [2.75, 3.05) is 23.3 Å². The van der Waals surface area contributed by atoms with E-state index in [1.54, 1.807) is 12.3 Å². The summed E-state index contributed by atoms with van der Waals surface area (Å²) in [6, 6.07) is 7.26. The molecule has 3 aromatic heterocycles. The van der Waals surface area contributed by atoms with Crippen LogP contribution in [-0.2, 0) is 6.54 Å². The molecular formula is C21H19Cl2N9. The van der Waals surface area contributed by atoms with Gasteiger partial charge in [0.25, 0.3) is 0 Å². The van der Waals surface area contributed by atoms with Crippen LogP contribution in [0.4, 0.5) is 11.8 Å². The molecule has 162 valence electrons. The number of aromatic amines is 2. The molecule has 1 saturated heterocycles. The topological polar surface area (TPSA) is 111 Å². The predicted octanol–water partition coefficient (Wildman–Crippen LogP) is 3.75. The second kappa shape index (κ2) is 7.75. The van der Waals surface area contributed by atoms with E-state index in [0.717, 1.165) is 35.9 Å². The molecule has 0 spiro atoms. The van der Waals surface area contributed by atoms with Crippen LogP contribution in [0.2, 0.25) is 10.0 Å². The van der Waals surface area contributed by atoms with Gasteiger partial charge in [-0.1, -0.05) is 23.2 Å². The summed E-state index contributed by atoms with van der Waals surface area (Å²) < 4.78 is 0. The van der Waals surface area contributed by atoms with E-state index in [2.05, 4.69) is 45.6 Å². The standard InChI is InChI=1S/C21H19Cl2N9/c22-12-3-11(4-13(23)5-12)6-26-21-24-2-1-16(28-21)20-25-8-18(29-20)32-9-14-15(10-32)19(14)17-7-27-31-30-17/h1-5,7-8,14-15,19H,6,9-10H2,(H,25,29)(H,24,26,28)(H,27,30,31). The van der Waals surface area contributed by atoms with Crippen LogP contribution in [0.25, 0.3) is 11.5 Å². The van der Waals surface area contributed by atoms with E-state index in [1.165, 1.54) is 0 Å². The minimum Gasteiger partial charge on any atom is -0.356 e. The lowest BCUT2D eigenvalue weighted by atomic mass is 10.2. The zero-order valence-electron chi connectivity index (χ0n) is 16.8. The van der Waals surface area contributed by atoms with E-state index in [-0.39, 0.29) is 0 Å². The summed E-state index contributed by atoms with van der Waals surface area (Å²) >= 11 is 12.1. The van der Waals surface area contributed by atoms with E-state index < -0.39 is 0 Å². The Hall–Kier alpha value is -3.17. The highest BCUT2D eigenvalue weighted by atomic mass is 35.5. The number of hydrogen-bond donors (Lipinski definition) is 3. The zero-order valence-corrected chi connectivity index (χ0v) is 18.3. The Bertz CT molecular complexity index is 1220. The van der Waals surface area contributed by atoms with Crippen LogP contribution < -0.4 is 10.2 Å². The van der Waals surface area contributed by atoms with Crippen molar-refractivity contribution in [3.05, 3.63) is 64.2 Å². The summed E-state index contributed by atoms with van der Waals surface area (Å²) in [5.41, 5.74) is 2.75. The number of anilines is 2. The van der Waals surface area contributed by atoms with Crippen molar-refractivity contribution in [2.24, 2.45) is 11.8 Å². The molecular weight excluding hydrogens is 449 g/mol. The van der Waals surface area contributed by atoms with Gasteiger partial charge in [0.2, 0.25) is 5.95 Å². The van der Waals surface area contributed by atoms with Crippen LogP contribution in [0.5, 0.6) is 0 Å². The van der Waals surface area contributed by atoms with Gasteiger partial charge in [0.1, 0.15) is 11.5 Å². The van der Waals surface area contributed by atoms with Crippen LogP contribution in [0, 0.1) is 11.8 Å². The molecule has 4 aromatic rings. The molecule has 6 rings (SSSR count). The number of nitrogens with one attached hydrogen (secondary N) is 3. The SMILES string of the molecule is Clc1cc(Cl)cc(CNc2nccc(-c3ncc(N4CC5C(C4)C5c4cn[nH]n4)[nH]3)n2)c1. The highest BCUT2D eigenvalue weighted by molar-refractivity contribution is 6.34. The Labute approximate surface area is 193 Å². The number of rotatable bonds is 6. The summed E-state index contributed by atoms with van der Waals surface area (Å²) in [6.45, 7) is 2.49. The van der Waals surface area contributed by atoms with Gasteiger partial charge < -0.3 is 15.2 Å². The fourth-order valence-corrected chi connectivity index (χ4v) is 5.18. The Balaban J connectivity index is 1.12. The molecule has 2 aliphatic rings. The first-order valence-electron chi connectivity index (χ1n) is 10.3. The first-order valence-corrected chi connectivity index (χ1v) is 11.1. The summed E-state index contributed by atoms with van der Waals surface area (Å²) in [7, 11) is 0. The molecule has 4 heterocycles. The Morgan fingerprint density at radius 3 is 2.62 bits per heavy atom. The third-order valence-corrected chi connectivity index (χ3v) is 6.58. The van der Waals surface area contributed by atoms with Crippen molar-refractivity contribution < 1.29 is 0 Å². The smallest absolute Gasteiger partial charge is 0.223 e. The van der Waals surface area contributed by atoms with Crippen molar-refractivity contribution in [2.45, 2.75) is 12.5 Å². The van der Waals surface area contributed by atoms with Gasteiger partial charge >= 0.3 is 0 Å². The molecule has 1 aromatic carbocycles. The average Bonchev–Trinajstić information content (AvgIpc) is 3.32. The van der Waals surface area contributed by atoms with Crippen molar-refractivity contribution >= 4 is 35.0 Å². The number of fused-ring (bicyclic) bond motifs is 1. The highest BCUT2D eigenvalue weighted by Crippen LogP contribution is 2.57. The minimum absolute atomic E-state index is 0.509. The van der Waals surface area contributed by atoms with Gasteiger partial charge in [-0.2, -0.15) is 15.4 Å².